The fourth-order valence-corrected chi connectivity index (χ4v) is 1.57. The summed E-state index contributed by atoms with van der Waals surface area (Å²) in [6, 6.07) is 6.99. The van der Waals surface area contributed by atoms with Gasteiger partial charge in [0.1, 0.15) is 5.75 Å². The molecule has 0 aliphatic heterocycles. The Balaban J connectivity index is 2.49. The molecule has 1 aromatic rings. The number of carbonyl (C=O) groups excluding carboxylic acids is 2. The average molecular weight is 264 g/mol. The molecule has 0 heterocycles. The predicted molar refractivity (Wildman–Crippen MR) is 72.4 cm³/mol. The first kappa shape index (κ1) is 15.2. The molecule has 0 atom stereocenters. The monoisotopic (exact) mass is 264 g/mol. The molecular formula is C15H20O4. The number of ether oxygens (including phenoxy) is 2. The number of esters is 1. The molecule has 0 fully saturated rings. The molecule has 0 N–H and O–H groups in total. The lowest BCUT2D eigenvalue weighted by atomic mass is 10.1. The summed E-state index contributed by atoms with van der Waals surface area (Å²) in [5, 5.41) is 0. The topological polar surface area (TPSA) is 52.6 Å². The van der Waals surface area contributed by atoms with E-state index in [2.05, 4.69) is 0 Å². The summed E-state index contributed by atoms with van der Waals surface area (Å²) in [6.07, 6.45) is 1.08. The largest absolute Gasteiger partial charge is 0.494 e. The van der Waals surface area contributed by atoms with Gasteiger partial charge in [0.2, 0.25) is 0 Å². The minimum Gasteiger partial charge on any atom is -0.494 e. The Morgan fingerprint density at radius 1 is 1.16 bits per heavy atom. The number of hydrogen-bond acceptors (Lipinski definition) is 4. The van der Waals surface area contributed by atoms with Gasteiger partial charge in [-0.15, -0.1) is 0 Å². The molecule has 19 heavy (non-hydrogen) atoms. The molecule has 0 saturated carbocycles. The van der Waals surface area contributed by atoms with Gasteiger partial charge in [-0.1, -0.05) is 19.1 Å². The van der Waals surface area contributed by atoms with Gasteiger partial charge in [0.05, 0.1) is 19.6 Å². The lowest BCUT2D eigenvalue weighted by molar-refractivity contribution is -0.143. The van der Waals surface area contributed by atoms with Crippen molar-refractivity contribution in [3.8, 4) is 5.75 Å². The van der Waals surface area contributed by atoms with E-state index >= 15 is 0 Å². The van der Waals surface area contributed by atoms with E-state index < -0.39 is 0 Å². The zero-order valence-electron chi connectivity index (χ0n) is 11.5. The maximum absolute atomic E-state index is 11.9. The summed E-state index contributed by atoms with van der Waals surface area (Å²) < 4.78 is 10.3. The van der Waals surface area contributed by atoms with Crippen molar-refractivity contribution >= 4 is 11.8 Å². The third-order valence-electron chi connectivity index (χ3n) is 2.49. The highest BCUT2D eigenvalue weighted by Gasteiger charge is 2.10. The Morgan fingerprint density at radius 2 is 1.95 bits per heavy atom. The molecule has 0 bridgehead atoms. The highest BCUT2D eigenvalue weighted by molar-refractivity contribution is 5.97. The summed E-state index contributed by atoms with van der Waals surface area (Å²) in [5.41, 5.74) is 0.564. The van der Waals surface area contributed by atoms with Gasteiger partial charge in [-0.25, -0.2) is 0 Å². The van der Waals surface area contributed by atoms with Gasteiger partial charge in [-0.05, 0) is 25.5 Å². The quantitative estimate of drug-likeness (QED) is 0.535. The minimum absolute atomic E-state index is 0.0741. The molecular weight excluding hydrogens is 244 g/mol. The number of Topliss-reactive ketones (excluding diaryl/α,β-unsaturated/α-hetero) is 1. The summed E-state index contributed by atoms with van der Waals surface area (Å²) in [7, 11) is 0. The summed E-state index contributed by atoms with van der Waals surface area (Å²) in [6.45, 7) is 4.78. The van der Waals surface area contributed by atoms with Crippen molar-refractivity contribution in [3.63, 3.8) is 0 Å². The second kappa shape index (κ2) is 8.29. The molecule has 1 aromatic carbocycles. The van der Waals surface area contributed by atoms with Crippen LogP contribution in [0.1, 0.15) is 43.5 Å². The van der Waals surface area contributed by atoms with Gasteiger partial charge >= 0.3 is 5.97 Å². The first-order valence-electron chi connectivity index (χ1n) is 6.59. The standard InChI is InChI=1S/C15H20O4/c1-3-10-19-15(17)9-8-14(16)12-6-5-7-13(11-12)18-4-2/h5-7,11H,3-4,8-10H2,1-2H3. The van der Waals surface area contributed by atoms with Crippen LogP contribution in [0.25, 0.3) is 0 Å². The Labute approximate surface area is 113 Å². The Bertz CT molecular complexity index is 426. The van der Waals surface area contributed by atoms with Crippen LogP contribution in [0.4, 0.5) is 0 Å². The molecule has 4 heteroatoms. The van der Waals surface area contributed by atoms with Gasteiger partial charge in [-0.2, -0.15) is 0 Å². The first-order chi connectivity index (χ1) is 9.17. The summed E-state index contributed by atoms with van der Waals surface area (Å²) >= 11 is 0. The molecule has 0 aliphatic carbocycles. The molecule has 0 aliphatic rings. The van der Waals surface area contributed by atoms with Crippen LogP contribution < -0.4 is 4.74 Å². The lowest BCUT2D eigenvalue weighted by Crippen LogP contribution is -2.08. The molecule has 0 saturated heterocycles. The van der Waals surface area contributed by atoms with E-state index in [1.807, 2.05) is 13.8 Å². The summed E-state index contributed by atoms with van der Waals surface area (Å²) in [4.78, 5) is 23.2. The summed E-state index contributed by atoms with van der Waals surface area (Å²) in [5.74, 6) is 0.271. The zero-order valence-corrected chi connectivity index (χ0v) is 11.5. The van der Waals surface area contributed by atoms with Gasteiger partial charge in [0.15, 0.2) is 5.78 Å². The fourth-order valence-electron chi connectivity index (χ4n) is 1.57. The molecule has 104 valence electrons. The second-order valence-corrected chi connectivity index (χ2v) is 4.10. The molecule has 0 amide bonds. The van der Waals surface area contributed by atoms with Crippen molar-refractivity contribution in [1.29, 1.82) is 0 Å². The van der Waals surface area contributed by atoms with Crippen molar-refractivity contribution in [2.75, 3.05) is 13.2 Å². The minimum atomic E-state index is -0.323. The number of rotatable bonds is 8. The molecule has 0 unspecified atom stereocenters. The highest BCUT2D eigenvalue weighted by Crippen LogP contribution is 2.15. The van der Waals surface area contributed by atoms with E-state index in [0.717, 1.165) is 6.42 Å². The third-order valence-corrected chi connectivity index (χ3v) is 2.49. The predicted octanol–water partition coefficient (Wildman–Crippen LogP) is 3.00. The number of hydrogen-bond donors (Lipinski definition) is 0. The molecule has 4 nitrogen and oxygen atoms in total. The van der Waals surface area contributed by atoms with E-state index in [4.69, 9.17) is 9.47 Å². The van der Waals surface area contributed by atoms with E-state index in [-0.39, 0.29) is 24.6 Å². The molecule has 0 radical (unpaired) electrons. The third kappa shape index (κ3) is 5.55. The van der Waals surface area contributed by atoms with Crippen LogP contribution >= 0.6 is 0 Å². The van der Waals surface area contributed by atoms with Crippen molar-refractivity contribution in [1.82, 2.24) is 0 Å². The number of carbonyl (C=O) groups is 2. The van der Waals surface area contributed by atoms with Crippen molar-refractivity contribution in [2.45, 2.75) is 33.1 Å². The normalized spacial score (nSPS) is 10.0. The maximum Gasteiger partial charge on any atom is 0.306 e. The van der Waals surface area contributed by atoms with Gasteiger partial charge in [-0.3, -0.25) is 9.59 Å². The van der Waals surface area contributed by atoms with Crippen molar-refractivity contribution in [2.24, 2.45) is 0 Å². The Hall–Kier alpha value is -1.84. The van der Waals surface area contributed by atoms with Crippen molar-refractivity contribution < 1.29 is 19.1 Å². The molecule has 1 rings (SSSR count). The van der Waals surface area contributed by atoms with Crippen LogP contribution in [0, 0.1) is 0 Å². The van der Waals surface area contributed by atoms with Crippen LogP contribution in [0.3, 0.4) is 0 Å². The number of ketones is 1. The first-order valence-corrected chi connectivity index (χ1v) is 6.59. The van der Waals surface area contributed by atoms with Crippen LogP contribution in [0.5, 0.6) is 5.75 Å². The number of benzene rings is 1. The lowest BCUT2D eigenvalue weighted by Gasteiger charge is -2.06. The Kier molecular flexibility index (Phi) is 6.64. The van der Waals surface area contributed by atoms with Crippen LogP contribution in [0.15, 0.2) is 24.3 Å². The van der Waals surface area contributed by atoms with Crippen LogP contribution in [-0.2, 0) is 9.53 Å². The molecule has 0 spiro atoms. The van der Waals surface area contributed by atoms with E-state index in [1.54, 1.807) is 24.3 Å². The van der Waals surface area contributed by atoms with Gasteiger partial charge < -0.3 is 9.47 Å². The van der Waals surface area contributed by atoms with Crippen LogP contribution in [0.2, 0.25) is 0 Å². The zero-order chi connectivity index (χ0) is 14.1. The van der Waals surface area contributed by atoms with Crippen molar-refractivity contribution in [3.05, 3.63) is 29.8 Å². The smallest absolute Gasteiger partial charge is 0.306 e. The maximum atomic E-state index is 11.9. The van der Waals surface area contributed by atoms with E-state index in [1.165, 1.54) is 0 Å². The van der Waals surface area contributed by atoms with E-state index in [9.17, 15) is 9.59 Å². The highest BCUT2D eigenvalue weighted by atomic mass is 16.5. The molecule has 0 aromatic heterocycles. The van der Waals surface area contributed by atoms with Crippen LogP contribution in [-0.4, -0.2) is 25.0 Å². The average Bonchev–Trinajstić information content (AvgIpc) is 2.43. The van der Waals surface area contributed by atoms with Gasteiger partial charge in [0.25, 0.3) is 0 Å². The fraction of sp³-hybridized carbons (Fsp3) is 0.467. The Morgan fingerprint density at radius 3 is 2.63 bits per heavy atom. The van der Waals surface area contributed by atoms with E-state index in [0.29, 0.717) is 24.5 Å². The second-order valence-electron chi connectivity index (χ2n) is 4.10. The SMILES string of the molecule is CCCOC(=O)CCC(=O)c1cccc(OCC)c1. The van der Waals surface area contributed by atoms with Gasteiger partial charge in [0, 0.05) is 12.0 Å².